The fourth-order valence-corrected chi connectivity index (χ4v) is 1.47. The SMILES string of the molecule is C=C(C)/C=C/N1CCC[C@H]1CO. The Morgan fingerprint density at radius 1 is 1.75 bits per heavy atom. The lowest BCUT2D eigenvalue weighted by atomic mass is 10.2. The quantitative estimate of drug-likeness (QED) is 0.644. The summed E-state index contributed by atoms with van der Waals surface area (Å²) in [5, 5.41) is 9.00. The van der Waals surface area contributed by atoms with E-state index in [0.29, 0.717) is 6.04 Å². The van der Waals surface area contributed by atoms with Crippen LogP contribution < -0.4 is 0 Å². The fourth-order valence-electron chi connectivity index (χ4n) is 1.47. The van der Waals surface area contributed by atoms with Crippen molar-refractivity contribution in [3.63, 3.8) is 0 Å². The van der Waals surface area contributed by atoms with Gasteiger partial charge in [-0.1, -0.05) is 12.2 Å². The van der Waals surface area contributed by atoms with Gasteiger partial charge in [0.15, 0.2) is 0 Å². The van der Waals surface area contributed by atoms with Gasteiger partial charge in [0.25, 0.3) is 0 Å². The van der Waals surface area contributed by atoms with Crippen LogP contribution in [0.4, 0.5) is 0 Å². The number of hydrogen-bond donors (Lipinski definition) is 1. The molecule has 1 rings (SSSR count). The maximum absolute atomic E-state index is 9.00. The summed E-state index contributed by atoms with van der Waals surface area (Å²) in [5.41, 5.74) is 1.05. The molecule has 0 aromatic carbocycles. The van der Waals surface area contributed by atoms with Crippen LogP contribution in [-0.2, 0) is 0 Å². The highest BCUT2D eigenvalue weighted by atomic mass is 16.3. The van der Waals surface area contributed by atoms with E-state index in [0.717, 1.165) is 18.5 Å². The number of rotatable bonds is 3. The Balaban J connectivity index is 2.45. The third kappa shape index (κ3) is 2.38. The third-order valence-electron chi connectivity index (χ3n) is 2.18. The average Bonchev–Trinajstić information content (AvgIpc) is 2.47. The molecule has 1 N–H and O–H groups in total. The van der Waals surface area contributed by atoms with Crippen molar-refractivity contribution in [3.8, 4) is 0 Å². The first-order chi connectivity index (χ1) is 5.74. The molecule has 0 bridgehead atoms. The second kappa shape index (κ2) is 4.31. The summed E-state index contributed by atoms with van der Waals surface area (Å²) in [4.78, 5) is 2.19. The van der Waals surface area contributed by atoms with Crippen LogP contribution in [0.25, 0.3) is 0 Å². The molecule has 0 saturated carbocycles. The van der Waals surface area contributed by atoms with Crippen molar-refractivity contribution < 1.29 is 5.11 Å². The van der Waals surface area contributed by atoms with Crippen LogP contribution in [0.3, 0.4) is 0 Å². The number of allylic oxidation sites excluding steroid dienone is 2. The monoisotopic (exact) mass is 167 g/mol. The summed E-state index contributed by atoms with van der Waals surface area (Å²) in [6.07, 6.45) is 6.33. The summed E-state index contributed by atoms with van der Waals surface area (Å²) < 4.78 is 0. The van der Waals surface area contributed by atoms with Gasteiger partial charge in [-0.3, -0.25) is 0 Å². The van der Waals surface area contributed by atoms with Gasteiger partial charge in [0.1, 0.15) is 0 Å². The Kier molecular flexibility index (Phi) is 3.35. The Morgan fingerprint density at radius 2 is 2.50 bits per heavy atom. The van der Waals surface area contributed by atoms with E-state index in [2.05, 4.69) is 11.5 Å². The first-order valence-electron chi connectivity index (χ1n) is 4.44. The minimum Gasteiger partial charge on any atom is -0.394 e. The molecule has 1 atom stereocenters. The van der Waals surface area contributed by atoms with E-state index in [1.807, 2.05) is 19.2 Å². The summed E-state index contributed by atoms with van der Waals surface area (Å²) >= 11 is 0. The van der Waals surface area contributed by atoms with Crippen LogP contribution >= 0.6 is 0 Å². The fraction of sp³-hybridized carbons (Fsp3) is 0.600. The highest BCUT2D eigenvalue weighted by Crippen LogP contribution is 2.16. The summed E-state index contributed by atoms with van der Waals surface area (Å²) in [5.74, 6) is 0. The van der Waals surface area contributed by atoms with Crippen molar-refractivity contribution in [1.82, 2.24) is 4.90 Å². The molecular weight excluding hydrogens is 150 g/mol. The van der Waals surface area contributed by atoms with Crippen LogP contribution in [0.1, 0.15) is 19.8 Å². The lowest BCUT2D eigenvalue weighted by molar-refractivity contribution is 0.196. The average molecular weight is 167 g/mol. The van der Waals surface area contributed by atoms with Gasteiger partial charge in [-0.05, 0) is 32.0 Å². The Labute approximate surface area is 74.2 Å². The summed E-state index contributed by atoms with van der Waals surface area (Å²) in [7, 11) is 0. The van der Waals surface area contributed by atoms with Crippen molar-refractivity contribution >= 4 is 0 Å². The lowest BCUT2D eigenvalue weighted by Crippen LogP contribution is -2.27. The zero-order chi connectivity index (χ0) is 8.97. The normalized spacial score (nSPS) is 23.8. The molecular formula is C10H17NO. The van der Waals surface area contributed by atoms with Crippen molar-refractivity contribution in [1.29, 1.82) is 0 Å². The smallest absolute Gasteiger partial charge is 0.0634 e. The molecule has 0 aromatic heterocycles. The van der Waals surface area contributed by atoms with Crippen molar-refractivity contribution in [2.75, 3.05) is 13.2 Å². The highest BCUT2D eigenvalue weighted by Gasteiger charge is 2.19. The van der Waals surface area contributed by atoms with Crippen LogP contribution in [-0.4, -0.2) is 29.2 Å². The van der Waals surface area contributed by atoms with E-state index in [4.69, 9.17) is 5.11 Å². The maximum atomic E-state index is 9.00. The predicted molar refractivity (Wildman–Crippen MR) is 50.8 cm³/mol. The first kappa shape index (κ1) is 9.33. The van der Waals surface area contributed by atoms with Gasteiger partial charge in [-0.25, -0.2) is 0 Å². The van der Waals surface area contributed by atoms with Crippen LogP contribution in [0.5, 0.6) is 0 Å². The molecule has 1 aliphatic heterocycles. The number of likely N-dealkylation sites (tertiary alicyclic amines) is 1. The van der Waals surface area contributed by atoms with Crippen molar-refractivity contribution in [2.24, 2.45) is 0 Å². The number of nitrogens with zero attached hydrogens (tertiary/aromatic N) is 1. The number of aliphatic hydroxyl groups is 1. The molecule has 0 spiro atoms. The molecule has 12 heavy (non-hydrogen) atoms. The first-order valence-corrected chi connectivity index (χ1v) is 4.44. The van der Waals surface area contributed by atoms with E-state index in [1.165, 1.54) is 6.42 Å². The van der Waals surface area contributed by atoms with Crippen LogP contribution in [0.2, 0.25) is 0 Å². The lowest BCUT2D eigenvalue weighted by Gasteiger charge is -2.20. The standard InChI is InChI=1S/C10H17NO/c1-9(2)5-7-11-6-3-4-10(11)8-12/h5,7,10,12H,1,3-4,6,8H2,2H3/b7-5+/t10-/m0/s1. The predicted octanol–water partition coefficient (Wildman–Crippen LogP) is 1.53. The van der Waals surface area contributed by atoms with E-state index >= 15 is 0 Å². The zero-order valence-electron chi connectivity index (χ0n) is 7.66. The minimum absolute atomic E-state index is 0.264. The van der Waals surface area contributed by atoms with Gasteiger partial charge >= 0.3 is 0 Å². The highest BCUT2D eigenvalue weighted by molar-refractivity contribution is 5.11. The molecule has 0 radical (unpaired) electrons. The van der Waals surface area contributed by atoms with Gasteiger partial charge in [0.2, 0.25) is 0 Å². The molecule has 2 heteroatoms. The topological polar surface area (TPSA) is 23.5 Å². The molecule has 0 unspecified atom stereocenters. The minimum atomic E-state index is 0.264. The molecule has 2 nitrogen and oxygen atoms in total. The van der Waals surface area contributed by atoms with E-state index in [-0.39, 0.29) is 6.61 Å². The van der Waals surface area contributed by atoms with E-state index in [9.17, 15) is 0 Å². The summed E-state index contributed by atoms with van der Waals surface area (Å²) in [6.45, 7) is 7.09. The van der Waals surface area contributed by atoms with Crippen molar-refractivity contribution in [3.05, 3.63) is 24.4 Å². The molecule has 1 aliphatic rings. The molecule has 0 aromatic rings. The van der Waals surface area contributed by atoms with Gasteiger partial charge in [0.05, 0.1) is 12.6 Å². The maximum Gasteiger partial charge on any atom is 0.0634 e. The van der Waals surface area contributed by atoms with E-state index in [1.54, 1.807) is 0 Å². The van der Waals surface area contributed by atoms with Gasteiger partial charge in [-0.15, -0.1) is 0 Å². The Morgan fingerprint density at radius 3 is 3.08 bits per heavy atom. The van der Waals surface area contributed by atoms with Crippen LogP contribution in [0.15, 0.2) is 24.4 Å². The second-order valence-electron chi connectivity index (χ2n) is 3.38. The number of aliphatic hydroxyl groups excluding tert-OH is 1. The summed E-state index contributed by atoms with van der Waals surface area (Å²) in [6, 6.07) is 0.334. The van der Waals surface area contributed by atoms with Crippen molar-refractivity contribution in [2.45, 2.75) is 25.8 Å². The largest absolute Gasteiger partial charge is 0.394 e. The molecule has 68 valence electrons. The van der Waals surface area contributed by atoms with Gasteiger partial charge in [0, 0.05) is 6.54 Å². The van der Waals surface area contributed by atoms with Gasteiger partial charge < -0.3 is 10.0 Å². The second-order valence-corrected chi connectivity index (χ2v) is 3.38. The van der Waals surface area contributed by atoms with E-state index < -0.39 is 0 Å². The third-order valence-corrected chi connectivity index (χ3v) is 2.18. The molecule has 0 amide bonds. The molecule has 1 heterocycles. The Hall–Kier alpha value is -0.760. The Bertz CT molecular complexity index is 186. The molecule has 1 saturated heterocycles. The number of hydrogen-bond acceptors (Lipinski definition) is 2. The molecule has 0 aliphatic carbocycles. The molecule has 1 fully saturated rings. The van der Waals surface area contributed by atoms with Gasteiger partial charge in [-0.2, -0.15) is 0 Å². The zero-order valence-corrected chi connectivity index (χ0v) is 7.66. The van der Waals surface area contributed by atoms with Crippen LogP contribution in [0, 0.1) is 0 Å².